The van der Waals surface area contributed by atoms with Gasteiger partial charge in [0.1, 0.15) is 19.3 Å². The number of aliphatic hydroxyl groups excluding tert-OH is 1. The first-order chi connectivity index (χ1) is 38.7. The number of aliphatic hydroxyl groups is 1. The third kappa shape index (κ3) is 55.3. The normalized spacial score (nSPS) is 14.2. The summed E-state index contributed by atoms with van der Waals surface area (Å²) in [5.74, 6) is -2.14. The lowest BCUT2D eigenvalue weighted by Gasteiger charge is -2.21. The summed E-state index contributed by atoms with van der Waals surface area (Å²) in [7, 11) is -9.87. The second-order valence-electron chi connectivity index (χ2n) is 22.1. The second kappa shape index (κ2) is 56.2. The van der Waals surface area contributed by atoms with Crippen LogP contribution in [0.3, 0.4) is 0 Å². The Kier molecular flexibility index (Phi) is 54.8. The molecule has 80 heavy (non-hydrogen) atoms. The SMILES string of the molecule is CCCCCCCCCCCCCCCCCC(=O)O[C@H](COC(=O)CCCCCCCCCCCC)COP(=O)(O)OC[C@@H](O)COP(=O)(O)OC[C@@H](COC(=O)CCCCCCCCC)OC(=O)CCCCCCCCCC. The summed E-state index contributed by atoms with van der Waals surface area (Å²) in [5.41, 5.74) is 0. The molecule has 0 saturated carbocycles. The van der Waals surface area contributed by atoms with Crippen molar-refractivity contribution in [1.82, 2.24) is 0 Å². The van der Waals surface area contributed by atoms with Gasteiger partial charge in [-0.3, -0.25) is 37.3 Å². The summed E-state index contributed by atoms with van der Waals surface area (Å²) in [6.45, 7) is 4.80. The molecule has 474 valence electrons. The van der Waals surface area contributed by atoms with E-state index >= 15 is 0 Å². The van der Waals surface area contributed by atoms with Crippen LogP contribution < -0.4 is 0 Å². The minimum Gasteiger partial charge on any atom is -0.462 e. The highest BCUT2D eigenvalue weighted by Gasteiger charge is 2.30. The summed E-state index contributed by atoms with van der Waals surface area (Å²) in [5, 5.41) is 10.5. The Balaban J connectivity index is 5.18. The van der Waals surface area contributed by atoms with Crippen LogP contribution in [0.5, 0.6) is 0 Å². The van der Waals surface area contributed by atoms with Gasteiger partial charge in [0.2, 0.25) is 0 Å². The van der Waals surface area contributed by atoms with Gasteiger partial charge in [0, 0.05) is 25.7 Å². The van der Waals surface area contributed by atoms with Crippen molar-refractivity contribution in [2.45, 2.75) is 329 Å². The molecule has 0 amide bonds. The molecule has 0 aliphatic carbocycles. The van der Waals surface area contributed by atoms with Gasteiger partial charge in [-0.25, -0.2) is 9.13 Å². The molecular weight excluding hydrogens is 1070 g/mol. The van der Waals surface area contributed by atoms with E-state index in [1.54, 1.807) is 0 Å². The average molecular weight is 1190 g/mol. The predicted octanol–water partition coefficient (Wildman–Crippen LogP) is 16.8. The van der Waals surface area contributed by atoms with Gasteiger partial charge in [0.25, 0.3) is 0 Å². The monoisotopic (exact) mass is 1180 g/mol. The fourth-order valence-corrected chi connectivity index (χ4v) is 10.7. The number of unbranched alkanes of at least 4 members (excludes halogenated alkanes) is 36. The van der Waals surface area contributed by atoms with E-state index in [1.165, 1.54) is 122 Å². The molecule has 0 rings (SSSR count). The molecule has 2 unspecified atom stereocenters. The third-order valence-corrected chi connectivity index (χ3v) is 16.0. The molecule has 17 nitrogen and oxygen atoms in total. The first-order valence-corrected chi connectivity index (χ1v) is 35.3. The first-order valence-electron chi connectivity index (χ1n) is 32.3. The Hall–Kier alpha value is -1.94. The molecule has 0 spiro atoms. The molecule has 0 aliphatic heterocycles. The van der Waals surface area contributed by atoms with Gasteiger partial charge < -0.3 is 33.8 Å². The Bertz CT molecular complexity index is 1550. The molecule has 0 aromatic carbocycles. The molecular formula is C61H118O17P2. The summed E-state index contributed by atoms with van der Waals surface area (Å²) in [6, 6.07) is 0. The number of rotatable bonds is 62. The van der Waals surface area contributed by atoms with E-state index in [0.717, 1.165) is 109 Å². The first kappa shape index (κ1) is 78.1. The summed E-state index contributed by atoms with van der Waals surface area (Å²) in [6.07, 6.45) is 40.4. The van der Waals surface area contributed by atoms with E-state index in [-0.39, 0.29) is 25.7 Å². The maximum Gasteiger partial charge on any atom is 0.472 e. The van der Waals surface area contributed by atoms with Gasteiger partial charge >= 0.3 is 39.5 Å². The van der Waals surface area contributed by atoms with Crippen LogP contribution >= 0.6 is 15.6 Å². The maximum atomic E-state index is 12.9. The minimum absolute atomic E-state index is 0.105. The largest absolute Gasteiger partial charge is 0.472 e. The standard InChI is InChI=1S/C61H118O17P2/c1-5-9-13-17-21-24-26-27-28-29-30-32-36-40-44-48-61(66)78-57(52-72-59(64)46-42-38-35-31-25-22-18-14-10-6-2)54-76-80(69,70)74-50-55(62)49-73-79(67,68)75-53-56(51-71-58(63)45-41-37-33-20-16-12-8-4)77-60(65)47-43-39-34-23-19-15-11-7-3/h55-57,62H,5-54H2,1-4H3,(H,67,68)(H,69,70)/t55-,56+,57+/m0/s1. The highest BCUT2D eigenvalue weighted by atomic mass is 31.2. The van der Waals surface area contributed by atoms with E-state index < -0.39 is 97.5 Å². The van der Waals surface area contributed by atoms with Gasteiger partial charge in [-0.2, -0.15) is 0 Å². The van der Waals surface area contributed by atoms with Crippen molar-refractivity contribution < 1.29 is 80.2 Å². The fraction of sp³-hybridized carbons (Fsp3) is 0.934. The lowest BCUT2D eigenvalue weighted by molar-refractivity contribution is -0.161. The van der Waals surface area contributed by atoms with Crippen LogP contribution in [0.4, 0.5) is 0 Å². The lowest BCUT2D eigenvalue weighted by atomic mass is 10.0. The van der Waals surface area contributed by atoms with Crippen molar-refractivity contribution in [3.8, 4) is 0 Å². The van der Waals surface area contributed by atoms with E-state index in [1.807, 2.05) is 0 Å². The summed E-state index contributed by atoms with van der Waals surface area (Å²) < 4.78 is 67.7. The maximum absolute atomic E-state index is 12.9. The Morgan fingerprint density at radius 3 is 0.738 bits per heavy atom. The highest BCUT2D eigenvalue weighted by molar-refractivity contribution is 7.47. The Morgan fingerprint density at radius 1 is 0.300 bits per heavy atom. The smallest absolute Gasteiger partial charge is 0.462 e. The average Bonchev–Trinajstić information content (AvgIpc) is 3.43. The zero-order chi connectivity index (χ0) is 59.1. The topological polar surface area (TPSA) is 237 Å². The van der Waals surface area contributed by atoms with Crippen molar-refractivity contribution in [3.05, 3.63) is 0 Å². The van der Waals surface area contributed by atoms with Crippen LogP contribution in [-0.2, 0) is 65.4 Å². The molecule has 0 aliphatic rings. The van der Waals surface area contributed by atoms with E-state index in [0.29, 0.717) is 25.7 Å². The zero-order valence-corrected chi connectivity index (χ0v) is 52.8. The van der Waals surface area contributed by atoms with Gasteiger partial charge in [-0.05, 0) is 25.7 Å². The number of carbonyl (C=O) groups excluding carboxylic acids is 4. The van der Waals surface area contributed by atoms with E-state index in [9.17, 15) is 43.2 Å². The molecule has 0 saturated heterocycles. The van der Waals surface area contributed by atoms with Crippen LogP contribution in [0.2, 0.25) is 0 Å². The quantitative estimate of drug-likeness (QED) is 0.0222. The number of esters is 4. The van der Waals surface area contributed by atoms with Crippen LogP contribution in [0, 0.1) is 0 Å². The molecule has 0 aromatic rings. The molecule has 0 radical (unpaired) electrons. The van der Waals surface area contributed by atoms with Crippen molar-refractivity contribution in [2.24, 2.45) is 0 Å². The van der Waals surface area contributed by atoms with E-state index in [2.05, 4.69) is 27.7 Å². The molecule has 0 fully saturated rings. The van der Waals surface area contributed by atoms with Crippen LogP contribution in [0.25, 0.3) is 0 Å². The number of phosphoric acid groups is 2. The highest BCUT2D eigenvalue weighted by Crippen LogP contribution is 2.45. The number of hydrogen-bond donors (Lipinski definition) is 3. The molecule has 0 heterocycles. The van der Waals surface area contributed by atoms with Gasteiger partial charge in [-0.1, -0.05) is 259 Å². The third-order valence-electron chi connectivity index (χ3n) is 14.1. The number of carbonyl (C=O) groups is 4. The zero-order valence-electron chi connectivity index (χ0n) is 51.0. The molecule has 0 bridgehead atoms. The fourth-order valence-electron chi connectivity index (χ4n) is 9.10. The molecule has 19 heteroatoms. The molecule has 3 N–H and O–H groups in total. The second-order valence-corrected chi connectivity index (χ2v) is 25.0. The van der Waals surface area contributed by atoms with Crippen molar-refractivity contribution in [2.75, 3.05) is 39.6 Å². The van der Waals surface area contributed by atoms with Gasteiger partial charge in [0.05, 0.1) is 26.4 Å². The summed E-state index contributed by atoms with van der Waals surface area (Å²) in [4.78, 5) is 71.9. The minimum atomic E-state index is -4.94. The van der Waals surface area contributed by atoms with Crippen LogP contribution in [0.15, 0.2) is 0 Å². The van der Waals surface area contributed by atoms with Crippen LogP contribution in [-0.4, -0.2) is 96.7 Å². The summed E-state index contributed by atoms with van der Waals surface area (Å²) >= 11 is 0. The Labute approximate surface area is 486 Å². The number of hydrogen-bond acceptors (Lipinski definition) is 15. The van der Waals surface area contributed by atoms with Crippen molar-refractivity contribution >= 4 is 39.5 Å². The van der Waals surface area contributed by atoms with Crippen molar-refractivity contribution in [1.29, 1.82) is 0 Å². The lowest BCUT2D eigenvalue weighted by Crippen LogP contribution is -2.30. The van der Waals surface area contributed by atoms with Gasteiger partial charge in [0.15, 0.2) is 12.2 Å². The number of ether oxygens (including phenoxy) is 4. The van der Waals surface area contributed by atoms with E-state index in [4.69, 9.17) is 37.0 Å². The predicted molar refractivity (Wildman–Crippen MR) is 317 cm³/mol. The molecule has 5 atom stereocenters. The Morgan fingerprint density at radius 2 is 0.500 bits per heavy atom. The number of phosphoric ester groups is 2. The molecule has 0 aromatic heterocycles. The van der Waals surface area contributed by atoms with Crippen LogP contribution in [0.1, 0.15) is 310 Å². The van der Waals surface area contributed by atoms with Gasteiger partial charge in [-0.15, -0.1) is 0 Å². The van der Waals surface area contributed by atoms with Crippen molar-refractivity contribution in [3.63, 3.8) is 0 Å².